The SMILES string of the molecule is CCCC[P+](CCCC)(CCCC)C(C)OC(=O)NC(CC)[Si](OC)(OC)OC.F[B-](F)(F)F. The second-order valence-corrected chi connectivity index (χ2v) is 15.9. The molecule has 6 nitrogen and oxygen atoms in total. The van der Waals surface area contributed by atoms with Gasteiger partial charge in [-0.15, -0.1) is 0 Å². The fraction of sp³-hybridized carbons (Fsp3) is 0.952. The third kappa shape index (κ3) is 14.2. The van der Waals surface area contributed by atoms with Gasteiger partial charge in [0.2, 0.25) is 5.85 Å². The fourth-order valence-electron chi connectivity index (χ4n) is 3.86. The van der Waals surface area contributed by atoms with Gasteiger partial charge in [0.05, 0.1) is 25.7 Å². The lowest BCUT2D eigenvalue weighted by Crippen LogP contribution is -2.61. The zero-order chi connectivity index (χ0) is 26.8. The van der Waals surface area contributed by atoms with Gasteiger partial charge in [-0.3, -0.25) is 0 Å². The van der Waals surface area contributed by atoms with Crippen molar-refractivity contribution in [3.05, 3.63) is 0 Å². The van der Waals surface area contributed by atoms with E-state index in [1.54, 1.807) is 21.3 Å². The second-order valence-electron chi connectivity index (χ2n) is 8.27. The van der Waals surface area contributed by atoms with Gasteiger partial charge in [-0.1, -0.05) is 47.0 Å². The molecule has 2 atom stereocenters. The minimum atomic E-state index is -6.00. The maximum absolute atomic E-state index is 12.8. The second kappa shape index (κ2) is 18.8. The van der Waals surface area contributed by atoms with E-state index < -0.39 is 23.3 Å². The Morgan fingerprint density at radius 1 is 0.853 bits per heavy atom. The van der Waals surface area contributed by atoms with E-state index in [4.69, 9.17) is 18.0 Å². The summed E-state index contributed by atoms with van der Waals surface area (Å²) in [6.45, 7) is 10.8. The number of amides is 1. The summed E-state index contributed by atoms with van der Waals surface area (Å²) in [5, 5.41) is 2.98. The molecular formula is C21H47BF4NO5PSi. The van der Waals surface area contributed by atoms with E-state index in [0.717, 1.165) is 0 Å². The van der Waals surface area contributed by atoms with Crippen LogP contribution in [0.25, 0.3) is 0 Å². The third-order valence-electron chi connectivity index (χ3n) is 5.90. The number of carbonyl (C=O) groups is 1. The Morgan fingerprint density at radius 2 is 1.21 bits per heavy atom. The lowest BCUT2D eigenvalue weighted by atomic mass is 10.3. The lowest BCUT2D eigenvalue weighted by molar-refractivity contribution is 0.0971. The highest BCUT2D eigenvalue weighted by molar-refractivity contribution is 7.76. The van der Waals surface area contributed by atoms with Gasteiger partial charge < -0.3 is 40.6 Å². The predicted octanol–water partition coefficient (Wildman–Crippen LogP) is 6.97. The van der Waals surface area contributed by atoms with Crippen LogP contribution in [-0.4, -0.2) is 73.5 Å². The fourth-order valence-corrected chi connectivity index (χ4v) is 10.9. The van der Waals surface area contributed by atoms with Crippen LogP contribution in [0.1, 0.15) is 79.6 Å². The molecule has 13 heteroatoms. The average Bonchev–Trinajstić information content (AvgIpc) is 2.78. The molecule has 0 aromatic heterocycles. The summed E-state index contributed by atoms with van der Waals surface area (Å²) in [4.78, 5) is 12.8. The van der Waals surface area contributed by atoms with E-state index >= 15 is 0 Å². The highest BCUT2D eigenvalue weighted by Crippen LogP contribution is 2.65. The molecule has 1 N–H and O–H groups in total. The first-order valence-corrected chi connectivity index (χ1v) is 16.4. The zero-order valence-corrected chi connectivity index (χ0v) is 24.2. The van der Waals surface area contributed by atoms with Gasteiger partial charge in [-0.25, -0.2) is 4.79 Å². The minimum absolute atomic E-state index is 0.0339. The van der Waals surface area contributed by atoms with Gasteiger partial charge in [0.25, 0.3) is 0 Å². The number of halogens is 4. The third-order valence-corrected chi connectivity index (χ3v) is 14.3. The molecule has 0 saturated heterocycles. The molecule has 0 aliphatic rings. The van der Waals surface area contributed by atoms with Crippen molar-refractivity contribution in [1.82, 2.24) is 5.32 Å². The van der Waals surface area contributed by atoms with Gasteiger partial charge in [0, 0.05) is 28.3 Å². The Balaban J connectivity index is 0. The molecule has 0 spiro atoms. The standard InChI is InChI=1S/C21H46NO5PSi.BF4/c1-9-13-16-28(17-14-10-2,18-15-11-3)19(5)27-21(23)22-20(12-4)29(24-6,25-7)26-8;2-1(3,4)5/h19-20H,9-18H2,1-8H3;/q;-1/p+1. The normalized spacial score (nSPS) is 14.1. The molecule has 0 saturated carbocycles. The Labute approximate surface area is 206 Å². The molecule has 0 rings (SSSR count). The van der Waals surface area contributed by atoms with E-state index in [-0.39, 0.29) is 17.6 Å². The van der Waals surface area contributed by atoms with Gasteiger partial charge in [-0.05, 0) is 25.7 Å². The molecular weight excluding hydrogens is 492 g/mol. The average molecular weight is 539 g/mol. The molecule has 0 radical (unpaired) electrons. The van der Waals surface area contributed by atoms with Crippen molar-refractivity contribution in [2.75, 3.05) is 39.8 Å². The first kappa shape index (κ1) is 35.7. The first-order chi connectivity index (χ1) is 15.8. The Bertz CT molecular complexity index is 498. The largest absolute Gasteiger partial charge is 0.673 e. The molecule has 0 aliphatic heterocycles. The van der Waals surface area contributed by atoms with Crippen molar-refractivity contribution < 1.29 is 40.1 Å². The van der Waals surface area contributed by atoms with Gasteiger partial charge in [-0.2, -0.15) is 0 Å². The highest BCUT2D eigenvalue weighted by Gasteiger charge is 2.49. The summed E-state index contributed by atoms with van der Waals surface area (Å²) in [5.74, 6) is -0.0339. The lowest BCUT2D eigenvalue weighted by Gasteiger charge is -2.34. The van der Waals surface area contributed by atoms with Crippen molar-refractivity contribution in [3.8, 4) is 0 Å². The molecule has 0 aromatic rings. The van der Waals surface area contributed by atoms with E-state index in [2.05, 4.69) is 33.0 Å². The predicted molar refractivity (Wildman–Crippen MR) is 136 cm³/mol. The molecule has 34 heavy (non-hydrogen) atoms. The molecule has 2 unspecified atom stereocenters. The molecule has 206 valence electrons. The van der Waals surface area contributed by atoms with E-state index in [9.17, 15) is 22.1 Å². The zero-order valence-electron chi connectivity index (χ0n) is 22.3. The minimum Gasteiger partial charge on any atom is -0.418 e. The maximum Gasteiger partial charge on any atom is 0.673 e. The van der Waals surface area contributed by atoms with Crippen molar-refractivity contribution in [1.29, 1.82) is 0 Å². The molecule has 0 fully saturated rings. The van der Waals surface area contributed by atoms with Crippen LogP contribution in [0.2, 0.25) is 0 Å². The van der Waals surface area contributed by atoms with Crippen LogP contribution < -0.4 is 5.32 Å². The van der Waals surface area contributed by atoms with Crippen molar-refractivity contribution in [2.45, 2.75) is 91.1 Å². The summed E-state index contributed by atoms with van der Waals surface area (Å²) in [6.07, 6.45) is 11.1. The number of carbonyl (C=O) groups excluding carboxylic acids is 1. The summed E-state index contributed by atoms with van der Waals surface area (Å²) >= 11 is 0. The number of ether oxygens (including phenoxy) is 1. The molecule has 0 heterocycles. The number of hydrogen-bond acceptors (Lipinski definition) is 5. The van der Waals surface area contributed by atoms with Crippen molar-refractivity contribution >= 4 is 29.4 Å². The van der Waals surface area contributed by atoms with Gasteiger partial charge in [0.1, 0.15) is 5.67 Å². The van der Waals surface area contributed by atoms with Crippen LogP contribution in [0.3, 0.4) is 0 Å². The summed E-state index contributed by atoms with van der Waals surface area (Å²) in [7, 11) is -5.65. The summed E-state index contributed by atoms with van der Waals surface area (Å²) < 4.78 is 61.7. The Hall–Kier alpha value is -0.418. The number of alkyl carbamates (subject to hydrolysis) is 1. The number of nitrogens with one attached hydrogen (secondary N) is 1. The van der Waals surface area contributed by atoms with Crippen LogP contribution in [0, 0.1) is 0 Å². The Kier molecular flexibility index (Phi) is 19.8. The Morgan fingerprint density at radius 3 is 1.47 bits per heavy atom. The van der Waals surface area contributed by atoms with Crippen LogP contribution in [0.4, 0.5) is 22.1 Å². The molecule has 0 aromatic carbocycles. The quantitative estimate of drug-likeness (QED) is 0.123. The molecule has 0 bridgehead atoms. The first-order valence-electron chi connectivity index (χ1n) is 12.2. The smallest absolute Gasteiger partial charge is 0.418 e. The van der Waals surface area contributed by atoms with Crippen molar-refractivity contribution in [2.24, 2.45) is 0 Å². The van der Waals surface area contributed by atoms with E-state index in [0.29, 0.717) is 6.42 Å². The van der Waals surface area contributed by atoms with Crippen molar-refractivity contribution in [3.63, 3.8) is 0 Å². The maximum atomic E-state index is 12.8. The van der Waals surface area contributed by atoms with E-state index in [1.807, 2.05) is 6.92 Å². The molecule has 0 aliphatic carbocycles. The van der Waals surface area contributed by atoms with Gasteiger partial charge in [0.15, 0.2) is 0 Å². The molecule has 1 amide bonds. The topological polar surface area (TPSA) is 66.0 Å². The van der Waals surface area contributed by atoms with Gasteiger partial charge >= 0.3 is 22.2 Å². The number of hydrogen-bond donors (Lipinski definition) is 1. The van der Waals surface area contributed by atoms with Crippen LogP contribution in [0.15, 0.2) is 0 Å². The van der Waals surface area contributed by atoms with Crippen LogP contribution in [-0.2, 0) is 18.0 Å². The summed E-state index contributed by atoms with van der Waals surface area (Å²) in [5.41, 5.74) is -0.336. The number of unbranched alkanes of at least 4 members (excludes halogenated alkanes) is 3. The van der Waals surface area contributed by atoms with Crippen LogP contribution in [0.5, 0.6) is 0 Å². The number of rotatable bonds is 17. The van der Waals surface area contributed by atoms with Crippen LogP contribution >= 0.6 is 7.26 Å². The monoisotopic (exact) mass is 539 g/mol. The van der Waals surface area contributed by atoms with E-state index in [1.165, 1.54) is 57.0 Å². The summed E-state index contributed by atoms with van der Waals surface area (Å²) in [6, 6.07) is 0. The highest BCUT2D eigenvalue weighted by atomic mass is 31.2.